The average Bonchev–Trinajstić information content (AvgIpc) is 2.67. The highest BCUT2D eigenvalue weighted by Gasteiger charge is 2.24. The van der Waals surface area contributed by atoms with Crippen LogP contribution in [0.4, 0.5) is 0 Å². The Bertz CT molecular complexity index is 781. The Hall–Kier alpha value is -1.73. The van der Waals surface area contributed by atoms with Crippen LogP contribution in [-0.2, 0) is 23.8 Å². The molecule has 0 radical (unpaired) electrons. The summed E-state index contributed by atoms with van der Waals surface area (Å²) in [5.41, 5.74) is 1.85. The Kier molecular flexibility index (Phi) is 6.43. The molecule has 6 heteroatoms. The van der Waals surface area contributed by atoms with Gasteiger partial charge in [-0.2, -0.15) is 8.42 Å². The SMILES string of the molecule is Cc1ccc(S(=O)(=O)OC[C@H](O[C@@H]2CCCCO2)c2ccccc2)cc1. The van der Waals surface area contributed by atoms with Gasteiger partial charge in [-0.3, -0.25) is 4.18 Å². The molecule has 0 aliphatic carbocycles. The van der Waals surface area contributed by atoms with Crippen LogP contribution >= 0.6 is 0 Å². The van der Waals surface area contributed by atoms with Crippen LogP contribution < -0.4 is 0 Å². The Balaban J connectivity index is 1.71. The lowest BCUT2D eigenvalue weighted by atomic mass is 10.1. The van der Waals surface area contributed by atoms with Crippen molar-refractivity contribution in [3.63, 3.8) is 0 Å². The number of hydrogen-bond donors (Lipinski definition) is 0. The molecule has 2 aromatic carbocycles. The molecule has 26 heavy (non-hydrogen) atoms. The number of aryl methyl sites for hydroxylation is 1. The van der Waals surface area contributed by atoms with Gasteiger partial charge in [0.05, 0.1) is 11.5 Å². The van der Waals surface area contributed by atoms with Crippen LogP contribution in [0.3, 0.4) is 0 Å². The first-order valence-electron chi connectivity index (χ1n) is 8.83. The Labute approximate surface area is 155 Å². The lowest BCUT2D eigenvalue weighted by Gasteiger charge is -2.27. The van der Waals surface area contributed by atoms with Gasteiger partial charge in [0.25, 0.3) is 10.1 Å². The first kappa shape index (κ1) is 19.0. The molecule has 0 unspecified atom stereocenters. The van der Waals surface area contributed by atoms with Crippen molar-refractivity contribution in [3.8, 4) is 0 Å². The van der Waals surface area contributed by atoms with E-state index in [-0.39, 0.29) is 17.8 Å². The number of benzene rings is 2. The molecule has 2 atom stereocenters. The van der Waals surface area contributed by atoms with Crippen LogP contribution in [0.5, 0.6) is 0 Å². The summed E-state index contributed by atoms with van der Waals surface area (Å²) >= 11 is 0. The monoisotopic (exact) mass is 376 g/mol. The van der Waals surface area contributed by atoms with Gasteiger partial charge in [0.1, 0.15) is 6.10 Å². The molecule has 140 valence electrons. The Morgan fingerprint density at radius 3 is 2.46 bits per heavy atom. The van der Waals surface area contributed by atoms with E-state index in [4.69, 9.17) is 13.7 Å². The highest BCUT2D eigenvalue weighted by atomic mass is 32.2. The molecule has 1 aliphatic rings. The van der Waals surface area contributed by atoms with Gasteiger partial charge in [0.15, 0.2) is 6.29 Å². The predicted molar refractivity (Wildman–Crippen MR) is 98.2 cm³/mol. The maximum Gasteiger partial charge on any atom is 0.297 e. The predicted octanol–water partition coefficient (Wildman–Crippen LogP) is 3.98. The fraction of sp³-hybridized carbons (Fsp3) is 0.400. The van der Waals surface area contributed by atoms with E-state index in [0.29, 0.717) is 6.61 Å². The fourth-order valence-electron chi connectivity index (χ4n) is 2.81. The molecular formula is C20H24O5S. The van der Waals surface area contributed by atoms with Gasteiger partial charge in [-0.05, 0) is 43.9 Å². The molecule has 2 aromatic rings. The fourth-order valence-corrected chi connectivity index (χ4v) is 3.72. The van der Waals surface area contributed by atoms with Crippen LogP contribution in [0.15, 0.2) is 59.5 Å². The summed E-state index contributed by atoms with van der Waals surface area (Å²) in [6.45, 7) is 2.47. The van der Waals surface area contributed by atoms with Crippen LogP contribution in [-0.4, -0.2) is 27.9 Å². The minimum Gasteiger partial charge on any atom is -0.353 e. The molecule has 1 fully saturated rings. The maximum atomic E-state index is 12.5. The molecule has 0 N–H and O–H groups in total. The van der Waals surface area contributed by atoms with Gasteiger partial charge in [0.2, 0.25) is 0 Å². The van der Waals surface area contributed by atoms with Gasteiger partial charge in [-0.15, -0.1) is 0 Å². The molecule has 3 rings (SSSR count). The van der Waals surface area contributed by atoms with Crippen LogP contribution in [0.1, 0.15) is 36.5 Å². The zero-order valence-corrected chi connectivity index (χ0v) is 15.7. The molecule has 0 amide bonds. The largest absolute Gasteiger partial charge is 0.353 e. The second-order valence-corrected chi connectivity index (χ2v) is 8.00. The Morgan fingerprint density at radius 2 is 1.81 bits per heavy atom. The normalized spacial score (nSPS) is 19.2. The number of rotatable bonds is 7. The van der Waals surface area contributed by atoms with E-state index in [2.05, 4.69) is 0 Å². The Morgan fingerprint density at radius 1 is 1.08 bits per heavy atom. The quantitative estimate of drug-likeness (QED) is 0.684. The highest BCUT2D eigenvalue weighted by molar-refractivity contribution is 7.86. The summed E-state index contributed by atoms with van der Waals surface area (Å²) in [4.78, 5) is 0.142. The second-order valence-electron chi connectivity index (χ2n) is 6.38. The maximum absolute atomic E-state index is 12.5. The third-order valence-electron chi connectivity index (χ3n) is 4.31. The van der Waals surface area contributed by atoms with E-state index in [1.165, 1.54) is 0 Å². The van der Waals surface area contributed by atoms with E-state index in [0.717, 1.165) is 30.4 Å². The third kappa shape index (κ3) is 5.14. The molecule has 1 saturated heterocycles. The molecule has 5 nitrogen and oxygen atoms in total. The van der Waals surface area contributed by atoms with Crippen molar-refractivity contribution in [2.24, 2.45) is 0 Å². The smallest absolute Gasteiger partial charge is 0.297 e. The van der Waals surface area contributed by atoms with Crippen molar-refractivity contribution >= 4 is 10.1 Å². The molecule has 1 heterocycles. The van der Waals surface area contributed by atoms with E-state index in [9.17, 15) is 8.42 Å². The van der Waals surface area contributed by atoms with Crippen molar-refractivity contribution in [2.45, 2.75) is 43.5 Å². The van der Waals surface area contributed by atoms with Crippen LogP contribution in [0.2, 0.25) is 0 Å². The number of ether oxygens (including phenoxy) is 2. The van der Waals surface area contributed by atoms with Gasteiger partial charge < -0.3 is 9.47 Å². The second kappa shape index (κ2) is 8.77. The minimum absolute atomic E-state index is 0.0971. The van der Waals surface area contributed by atoms with E-state index in [1.54, 1.807) is 24.3 Å². The van der Waals surface area contributed by atoms with Crippen molar-refractivity contribution < 1.29 is 22.1 Å². The summed E-state index contributed by atoms with van der Waals surface area (Å²) in [5, 5.41) is 0. The van der Waals surface area contributed by atoms with Crippen molar-refractivity contribution in [1.82, 2.24) is 0 Å². The minimum atomic E-state index is -3.84. The zero-order chi connectivity index (χ0) is 18.4. The van der Waals surface area contributed by atoms with Gasteiger partial charge in [0, 0.05) is 6.61 Å². The summed E-state index contributed by atoms with van der Waals surface area (Å²) in [5.74, 6) is 0. The summed E-state index contributed by atoms with van der Waals surface area (Å²) in [6.07, 6.45) is 2.01. The molecule has 0 spiro atoms. The van der Waals surface area contributed by atoms with Crippen LogP contribution in [0, 0.1) is 6.92 Å². The number of hydrogen-bond acceptors (Lipinski definition) is 5. The third-order valence-corrected chi connectivity index (χ3v) is 5.61. The summed E-state index contributed by atoms with van der Waals surface area (Å²) in [7, 11) is -3.84. The van der Waals surface area contributed by atoms with Crippen molar-refractivity contribution in [1.29, 1.82) is 0 Å². The lowest BCUT2D eigenvalue weighted by molar-refractivity contribution is -0.195. The van der Waals surface area contributed by atoms with Gasteiger partial charge in [-0.1, -0.05) is 48.0 Å². The molecule has 0 bridgehead atoms. The first-order valence-corrected chi connectivity index (χ1v) is 10.2. The molecule has 1 aliphatic heterocycles. The molecule has 0 aromatic heterocycles. The van der Waals surface area contributed by atoms with E-state index >= 15 is 0 Å². The van der Waals surface area contributed by atoms with Crippen LogP contribution in [0.25, 0.3) is 0 Å². The molecule has 0 saturated carbocycles. The topological polar surface area (TPSA) is 61.8 Å². The van der Waals surface area contributed by atoms with Gasteiger partial charge >= 0.3 is 0 Å². The van der Waals surface area contributed by atoms with Crippen molar-refractivity contribution in [3.05, 3.63) is 65.7 Å². The van der Waals surface area contributed by atoms with Gasteiger partial charge in [-0.25, -0.2) is 0 Å². The molecular weight excluding hydrogens is 352 g/mol. The van der Waals surface area contributed by atoms with Crippen molar-refractivity contribution in [2.75, 3.05) is 13.2 Å². The standard InChI is InChI=1S/C20H24O5S/c1-16-10-12-18(13-11-16)26(21,22)24-15-19(17-7-3-2-4-8-17)25-20-9-5-6-14-23-20/h2-4,7-8,10-13,19-20H,5-6,9,14-15H2,1H3/t19-,20+/m0/s1. The first-order chi connectivity index (χ1) is 12.5. The average molecular weight is 376 g/mol. The van der Waals surface area contributed by atoms with E-state index < -0.39 is 16.2 Å². The lowest BCUT2D eigenvalue weighted by Crippen LogP contribution is -2.27. The summed E-state index contributed by atoms with van der Waals surface area (Å²) in [6, 6.07) is 16.1. The zero-order valence-electron chi connectivity index (χ0n) is 14.8. The van der Waals surface area contributed by atoms with E-state index in [1.807, 2.05) is 37.3 Å². The summed E-state index contributed by atoms with van der Waals surface area (Å²) < 4.78 is 41.9. The highest BCUT2D eigenvalue weighted by Crippen LogP contribution is 2.26.